The van der Waals surface area contributed by atoms with E-state index in [1.807, 2.05) is 49.4 Å². The van der Waals surface area contributed by atoms with Crippen LogP contribution in [0.2, 0.25) is 0 Å². The Balaban J connectivity index is 2.39. The number of Topliss-reactive ketones (excluding diaryl/α,β-unsaturated/α-hetero) is 1. The highest BCUT2D eigenvalue weighted by molar-refractivity contribution is 7.90. The van der Waals surface area contributed by atoms with Crippen LogP contribution in [0, 0.1) is 6.92 Å². The van der Waals surface area contributed by atoms with Crippen LogP contribution in [0.3, 0.4) is 0 Å². The molecule has 2 rings (SSSR count). The molecule has 20 heavy (non-hydrogen) atoms. The van der Waals surface area contributed by atoms with E-state index in [1.165, 1.54) is 6.92 Å². The van der Waals surface area contributed by atoms with Gasteiger partial charge in [0, 0.05) is 4.90 Å². The SMILES string of the molecule is CC(=O)/C(=C\c1ccccc1)S(=O)c1ccc(C)cc1. The van der Waals surface area contributed by atoms with Gasteiger partial charge in [-0.25, -0.2) is 4.21 Å². The maximum absolute atomic E-state index is 12.5. The number of aryl methyl sites for hydroxylation is 1. The zero-order valence-corrected chi connectivity index (χ0v) is 12.3. The molecule has 0 saturated heterocycles. The highest BCUT2D eigenvalue weighted by Crippen LogP contribution is 2.19. The van der Waals surface area contributed by atoms with Crippen LogP contribution in [0.5, 0.6) is 0 Å². The molecule has 0 aliphatic carbocycles. The van der Waals surface area contributed by atoms with Crippen LogP contribution < -0.4 is 0 Å². The molecule has 0 N–H and O–H groups in total. The minimum Gasteiger partial charge on any atom is -0.294 e. The predicted molar refractivity (Wildman–Crippen MR) is 82.7 cm³/mol. The Bertz CT molecular complexity index is 655. The van der Waals surface area contributed by atoms with Crippen molar-refractivity contribution in [2.75, 3.05) is 0 Å². The molecule has 1 unspecified atom stereocenters. The Kier molecular flexibility index (Phi) is 4.64. The molecule has 0 aliphatic heterocycles. The van der Waals surface area contributed by atoms with Crippen LogP contribution in [-0.4, -0.2) is 9.99 Å². The molecule has 1 atom stereocenters. The second kappa shape index (κ2) is 6.44. The molecule has 0 spiro atoms. The van der Waals surface area contributed by atoms with E-state index in [-0.39, 0.29) is 5.78 Å². The average Bonchev–Trinajstić information content (AvgIpc) is 2.45. The summed E-state index contributed by atoms with van der Waals surface area (Å²) >= 11 is 0. The molecule has 0 amide bonds. The van der Waals surface area contributed by atoms with E-state index in [0.29, 0.717) is 9.80 Å². The number of ketones is 1. The van der Waals surface area contributed by atoms with Gasteiger partial charge in [0.05, 0.1) is 15.7 Å². The largest absolute Gasteiger partial charge is 0.294 e. The minimum absolute atomic E-state index is 0.173. The molecular formula is C17H16O2S. The zero-order chi connectivity index (χ0) is 14.5. The number of rotatable bonds is 4. The lowest BCUT2D eigenvalue weighted by molar-refractivity contribution is -0.112. The van der Waals surface area contributed by atoms with Crippen molar-refractivity contribution < 1.29 is 9.00 Å². The zero-order valence-electron chi connectivity index (χ0n) is 11.5. The van der Waals surface area contributed by atoms with Crippen LogP contribution in [0.25, 0.3) is 6.08 Å². The van der Waals surface area contributed by atoms with Crippen molar-refractivity contribution in [1.82, 2.24) is 0 Å². The summed E-state index contributed by atoms with van der Waals surface area (Å²) in [6.07, 6.45) is 1.69. The van der Waals surface area contributed by atoms with Crippen LogP contribution in [0.4, 0.5) is 0 Å². The van der Waals surface area contributed by atoms with Gasteiger partial charge in [0.15, 0.2) is 5.78 Å². The first kappa shape index (κ1) is 14.4. The summed E-state index contributed by atoms with van der Waals surface area (Å²) in [5.74, 6) is -0.173. The van der Waals surface area contributed by atoms with Crippen LogP contribution >= 0.6 is 0 Å². The molecular weight excluding hydrogens is 268 g/mol. The Morgan fingerprint density at radius 1 is 1.00 bits per heavy atom. The Morgan fingerprint density at radius 3 is 2.15 bits per heavy atom. The number of hydrogen-bond acceptors (Lipinski definition) is 2. The summed E-state index contributed by atoms with van der Waals surface area (Å²) in [6.45, 7) is 3.42. The molecule has 2 aromatic rings. The maximum Gasteiger partial charge on any atom is 0.169 e. The van der Waals surface area contributed by atoms with Crippen LogP contribution in [-0.2, 0) is 15.6 Å². The first-order valence-electron chi connectivity index (χ1n) is 6.34. The van der Waals surface area contributed by atoms with Crippen LogP contribution in [0.1, 0.15) is 18.1 Å². The van der Waals surface area contributed by atoms with E-state index in [1.54, 1.807) is 18.2 Å². The van der Waals surface area contributed by atoms with Gasteiger partial charge in [0.1, 0.15) is 0 Å². The van der Waals surface area contributed by atoms with Crippen LogP contribution in [0.15, 0.2) is 64.4 Å². The van der Waals surface area contributed by atoms with E-state index in [2.05, 4.69) is 0 Å². The number of carbonyl (C=O) groups excluding carboxylic acids is 1. The van der Waals surface area contributed by atoms with E-state index < -0.39 is 10.8 Å². The minimum atomic E-state index is -1.45. The smallest absolute Gasteiger partial charge is 0.169 e. The summed E-state index contributed by atoms with van der Waals surface area (Å²) in [7, 11) is -1.45. The molecule has 102 valence electrons. The molecule has 0 heterocycles. The topological polar surface area (TPSA) is 34.1 Å². The molecule has 0 radical (unpaired) electrons. The van der Waals surface area contributed by atoms with E-state index >= 15 is 0 Å². The fraction of sp³-hybridized carbons (Fsp3) is 0.118. The normalized spacial score (nSPS) is 13.0. The van der Waals surface area contributed by atoms with Crippen molar-refractivity contribution in [2.45, 2.75) is 18.7 Å². The van der Waals surface area contributed by atoms with E-state index in [4.69, 9.17) is 0 Å². The number of allylic oxidation sites excluding steroid dienone is 1. The lowest BCUT2D eigenvalue weighted by Gasteiger charge is -2.05. The summed E-state index contributed by atoms with van der Waals surface area (Å²) in [5, 5.41) is 0. The molecule has 0 bridgehead atoms. The molecule has 0 fully saturated rings. The fourth-order valence-corrected chi connectivity index (χ4v) is 2.92. The van der Waals surface area contributed by atoms with Crippen molar-refractivity contribution in [2.24, 2.45) is 0 Å². The number of carbonyl (C=O) groups is 1. The highest BCUT2D eigenvalue weighted by atomic mass is 32.2. The fourth-order valence-electron chi connectivity index (χ4n) is 1.78. The van der Waals surface area contributed by atoms with Gasteiger partial charge in [0.2, 0.25) is 0 Å². The van der Waals surface area contributed by atoms with Gasteiger partial charge in [-0.05, 0) is 37.6 Å². The third-order valence-corrected chi connectivity index (χ3v) is 4.38. The molecule has 2 aromatic carbocycles. The van der Waals surface area contributed by atoms with Crippen molar-refractivity contribution in [3.63, 3.8) is 0 Å². The monoisotopic (exact) mass is 284 g/mol. The van der Waals surface area contributed by atoms with Gasteiger partial charge in [-0.2, -0.15) is 0 Å². The maximum atomic E-state index is 12.5. The third-order valence-electron chi connectivity index (χ3n) is 2.88. The highest BCUT2D eigenvalue weighted by Gasteiger charge is 2.14. The van der Waals surface area contributed by atoms with Crippen molar-refractivity contribution in [1.29, 1.82) is 0 Å². The average molecular weight is 284 g/mol. The van der Waals surface area contributed by atoms with Gasteiger partial charge < -0.3 is 0 Å². The Morgan fingerprint density at radius 2 is 1.60 bits per heavy atom. The lowest BCUT2D eigenvalue weighted by atomic mass is 10.2. The van der Waals surface area contributed by atoms with Gasteiger partial charge in [0.25, 0.3) is 0 Å². The van der Waals surface area contributed by atoms with Gasteiger partial charge in [-0.3, -0.25) is 4.79 Å². The van der Waals surface area contributed by atoms with Gasteiger partial charge >= 0.3 is 0 Å². The van der Waals surface area contributed by atoms with Crippen molar-refractivity contribution in [3.8, 4) is 0 Å². The standard InChI is InChI=1S/C17H16O2S/c1-13-8-10-16(11-9-13)20(19)17(14(2)18)12-15-6-4-3-5-7-15/h3-12H,1-2H3/b17-12+. The molecule has 3 heteroatoms. The van der Waals surface area contributed by atoms with Gasteiger partial charge in [-0.15, -0.1) is 0 Å². The van der Waals surface area contributed by atoms with Crippen molar-refractivity contribution in [3.05, 3.63) is 70.6 Å². The molecule has 0 aromatic heterocycles. The quantitative estimate of drug-likeness (QED) is 0.802. The Hall–Kier alpha value is -2.00. The Labute approximate surface area is 121 Å². The third kappa shape index (κ3) is 3.52. The van der Waals surface area contributed by atoms with E-state index in [9.17, 15) is 9.00 Å². The molecule has 0 aliphatic rings. The second-order valence-corrected chi connectivity index (χ2v) is 6.01. The predicted octanol–water partition coefficient (Wildman–Crippen LogP) is 3.73. The first-order chi connectivity index (χ1) is 9.58. The summed E-state index contributed by atoms with van der Waals surface area (Å²) < 4.78 is 12.5. The molecule has 2 nitrogen and oxygen atoms in total. The summed E-state index contributed by atoms with van der Waals surface area (Å²) in [6, 6.07) is 16.8. The summed E-state index contributed by atoms with van der Waals surface area (Å²) in [5.41, 5.74) is 1.97. The molecule has 0 saturated carbocycles. The lowest BCUT2D eigenvalue weighted by Crippen LogP contribution is -2.04. The first-order valence-corrected chi connectivity index (χ1v) is 7.49. The van der Waals surface area contributed by atoms with E-state index in [0.717, 1.165) is 11.1 Å². The van der Waals surface area contributed by atoms with Crippen molar-refractivity contribution >= 4 is 22.7 Å². The summed E-state index contributed by atoms with van der Waals surface area (Å²) in [4.78, 5) is 12.7. The number of hydrogen-bond donors (Lipinski definition) is 0. The second-order valence-electron chi connectivity index (χ2n) is 4.56. The number of benzene rings is 2. The van der Waals surface area contributed by atoms with Gasteiger partial charge in [-0.1, -0.05) is 48.0 Å².